The van der Waals surface area contributed by atoms with Gasteiger partial charge in [-0.3, -0.25) is 0 Å². The second-order valence-corrected chi connectivity index (χ2v) is 11.1. The maximum absolute atomic E-state index is 14.2. The lowest BCUT2D eigenvalue weighted by Gasteiger charge is -2.22. The van der Waals surface area contributed by atoms with Crippen LogP contribution in [0.3, 0.4) is 0 Å². The molecule has 0 unspecified atom stereocenters. The first-order valence-electron chi connectivity index (χ1n) is 11.3. The van der Waals surface area contributed by atoms with Crippen LogP contribution in [0, 0.1) is 6.92 Å². The number of alkyl halides is 1. The molecule has 202 valence electrons. The van der Waals surface area contributed by atoms with E-state index in [1.807, 2.05) is 30.5 Å². The first-order valence-corrected chi connectivity index (χ1v) is 13.8. The average molecular weight is 601 g/mol. The first-order chi connectivity index (χ1) is 18.2. The van der Waals surface area contributed by atoms with E-state index in [9.17, 15) is 19.7 Å². The number of nitrogens with zero attached hydrogens (tertiary/aromatic N) is 3. The molecule has 4 aromatic rings. The maximum atomic E-state index is 14.2. The zero-order valence-corrected chi connectivity index (χ0v) is 23.1. The van der Waals surface area contributed by atoms with Gasteiger partial charge in [-0.2, -0.15) is 5.10 Å². The van der Waals surface area contributed by atoms with E-state index in [0.717, 1.165) is 25.9 Å². The second-order valence-electron chi connectivity index (χ2n) is 8.27. The molecule has 0 saturated carbocycles. The molecule has 1 aromatic carbocycles. The number of rotatable bonds is 11. The van der Waals surface area contributed by atoms with Crippen molar-refractivity contribution in [1.82, 2.24) is 9.78 Å². The van der Waals surface area contributed by atoms with Gasteiger partial charge in [-0.25, -0.2) is 9.07 Å². The number of oxime groups is 1. The quantitative estimate of drug-likeness (QED) is 0.144. The van der Waals surface area contributed by atoms with Crippen LogP contribution in [-0.2, 0) is 11.4 Å². The molecular formula is C25H24Cl2FN3O5S2. The molecule has 0 bridgehead atoms. The highest BCUT2D eigenvalue weighted by Gasteiger charge is 2.30. The Morgan fingerprint density at radius 2 is 1.87 bits per heavy atom. The molecular weight excluding hydrogens is 576 g/mol. The summed E-state index contributed by atoms with van der Waals surface area (Å²) in [6.45, 7) is 0.921. The highest BCUT2D eigenvalue weighted by Crippen LogP contribution is 2.40. The van der Waals surface area contributed by atoms with Crippen LogP contribution in [0.15, 0.2) is 53.0 Å². The summed E-state index contributed by atoms with van der Waals surface area (Å²) in [5, 5.41) is 48.8. The molecule has 38 heavy (non-hydrogen) atoms. The summed E-state index contributed by atoms with van der Waals surface area (Å²) in [4.78, 5) is 8.44. The predicted octanol–water partition coefficient (Wildman–Crippen LogP) is 4.86. The summed E-state index contributed by atoms with van der Waals surface area (Å²) in [5.41, 5.74) is 2.72. The molecule has 0 spiro atoms. The van der Waals surface area contributed by atoms with E-state index in [1.54, 1.807) is 45.6 Å². The van der Waals surface area contributed by atoms with Gasteiger partial charge in [0.05, 0.1) is 34.1 Å². The van der Waals surface area contributed by atoms with Crippen LogP contribution in [0.4, 0.5) is 4.39 Å². The summed E-state index contributed by atoms with van der Waals surface area (Å²) >= 11 is 15.9. The Morgan fingerprint density at radius 1 is 1.11 bits per heavy atom. The van der Waals surface area contributed by atoms with Gasteiger partial charge in [-0.15, -0.1) is 22.7 Å². The maximum Gasteiger partial charge on any atom is 0.167 e. The fraction of sp³-hybridized carbons (Fsp3) is 0.280. The third-order valence-electron chi connectivity index (χ3n) is 5.70. The van der Waals surface area contributed by atoms with Crippen LogP contribution in [0.25, 0.3) is 26.0 Å². The molecule has 0 aliphatic carbocycles. The van der Waals surface area contributed by atoms with E-state index >= 15 is 0 Å². The van der Waals surface area contributed by atoms with Gasteiger partial charge < -0.3 is 25.3 Å². The molecule has 3 aromatic heterocycles. The van der Waals surface area contributed by atoms with Crippen LogP contribution in [-0.4, -0.2) is 67.5 Å². The van der Waals surface area contributed by atoms with Crippen molar-refractivity contribution in [2.24, 2.45) is 5.16 Å². The van der Waals surface area contributed by atoms with Gasteiger partial charge in [0.25, 0.3) is 0 Å². The van der Waals surface area contributed by atoms with Gasteiger partial charge in [0, 0.05) is 20.3 Å². The van der Waals surface area contributed by atoms with Crippen LogP contribution in [0.1, 0.15) is 11.3 Å². The zero-order valence-electron chi connectivity index (χ0n) is 19.9. The number of halogens is 3. The van der Waals surface area contributed by atoms with Crippen molar-refractivity contribution < 1.29 is 29.7 Å². The normalized spacial score (nSPS) is 15.1. The summed E-state index contributed by atoms with van der Waals surface area (Å²) in [7, 11) is 0. The van der Waals surface area contributed by atoms with E-state index in [0.29, 0.717) is 27.6 Å². The molecule has 13 heteroatoms. The van der Waals surface area contributed by atoms with Gasteiger partial charge in [0.1, 0.15) is 24.0 Å². The highest BCUT2D eigenvalue weighted by molar-refractivity contribution is 7.23. The fourth-order valence-electron chi connectivity index (χ4n) is 3.62. The number of aromatic nitrogens is 2. The third kappa shape index (κ3) is 6.27. The van der Waals surface area contributed by atoms with Crippen molar-refractivity contribution in [1.29, 1.82) is 0 Å². The summed E-state index contributed by atoms with van der Waals surface area (Å²) in [6.07, 6.45) is -7.07. The largest absolute Gasteiger partial charge is 0.394 e. The second kappa shape index (κ2) is 12.7. The minimum absolute atomic E-state index is 0.124. The molecule has 8 nitrogen and oxygen atoms in total. The highest BCUT2D eigenvalue weighted by atomic mass is 35.5. The van der Waals surface area contributed by atoms with Crippen LogP contribution in [0.5, 0.6) is 0 Å². The van der Waals surface area contributed by atoms with Gasteiger partial charge in [-0.05, 0) is 48.7 Å². The van der Waals surface area contributed by atoms with Crippen molar-refractivity contribution in [3.8, 4) is 26.0 Å². The number of hydrogen-bond donors (Lipinski definition) is 4. The first kappa shape index (κ1) is 28.7. The van der Waals surface area contributed by atoms with E-state index in [2.05, 4.69) is 16.3 Å². The monoisotopic (exact) mass is 599 g/mol. The summed E-state index contributed by atoms with van der Waals surface area (Å²) in [6, 6.07) is 13.2. The zero-order chi connectivity index (χ0) is 27.4. The lowest BCUT2D eigenvalue weighted by molar-refractivity contribution is -0.0891. The molecule has 0 aliphatic heterocycles. The molecule has 0 aliphatic rings. The molecule has 0 radical (unpaired) electrons. The minimum Gasteiger partial charge on any atom is -0.394 e. The van der Waals surface area contributed by atoms with Crippen LogP contribution in [0.2, 0.25) is 10.0 Å². The van der Waals surface area contributed by atoms with Gasteiger partial charge >= 0.3 is 0 Å². The van der Waals surface area contributed by atoms with E-state index < -0.39 is 31.1 Å². The molecule has 0 amide bonds. The van der Waals surface area contributed by atoms with Gasteiger partial charge in [0.15, 0.2) is 12.8 Å². The van der Waals surface area contributed by atoms with Crippen molar-refractivity contribution in [3.63, 3.8) is 0 Å². The Balaban J connectivity index is 1.60. The Bertz CT molecular complexity index is 1400. The summed E-state index contributed by atoms with van der Waals surface area (Å²) in [5.74, 6) is 0. The molecule has 0 saturated heterocycles. The lowest BCUT2D eigenvalue weighted by Crippen LogP contribution is -2.44. The third-order valence-corrected chi connectivity index (χ3v) is 8.39. The molecule has 4 rings (SSSR count). The van der Waals surface area contributed by atoms with E-state index in [1.165, 1.54) is 0 Å². The molecule has 0 fully saturated rings. The van der Waals surface area contributed by atoms with Crippen LogP contribution >= 0.6 is 45.9 Å². The average Bonchev–Trinajstić information content (AvgIpc) is 3.66. The number of benzene rings is 1. The molecule has 3 heterocycles. The number of hydrogen-bond acceptors (Lipinski definition) is 9. The molecule has 4 N–H and O–H groups in total. The topological polar surface area (TPSA) is 120 Å². The smallest absolute Gasteiger partial charge is 0.167 e. The van der Waals surface area contributed by atoms with Gasteiger partial charge in [-0.1, -0.05) is 34.4 Å². The van der Waals surface area contributed by atoms with Crippen molar-refractivity contribution >= 4 is 52.1 Å². The Hall–Kier alpha value is -2.35. The minimum atomic E-state index is -2.14. The lowest BCUT2D eigenvalue weighted by atomic mass is 10.1. The van der Waals surface area contributed by atoms with Crippen molar-refractivity contribution in [3.05, 3.63) is 69.1 Å². The van der Waals surface area contributed by atoms with Crippen LogP contribution < -0.4 is 0 Å². The SMILES string of the molecule is Cc1c(CO/N=C/[C@H]([19F])[C@@H](O)[C@H](O)[C@H](O)CO)nn(-c2ccc(Cl)cc2Cl)c1-c1ccc(-c2cccs2)s1. The van der Waals surface area contributed by atoms with Crippen molar-refractivity contribution in [2.45, 2.75) is 38.0 Å². The van der Waals surface area contributed by atoms with Gasteiger partial charge in [0.2, 0.25) is 0 Å². The number of thiophene rings is 2. The van der Waals surface area contributed by atoms with E-state index in [-0.39, 0.29) is 6.61 Å². The van der Waals surface area contributed by atoms with E-state index in [4.69, 9.17) is 33.1 Å². The Kier molecular flexibility index (Phi) is 9.55. The standard InChI is InChI=1S/C25H24Cl2FN3O5S2/c1-13-17(12-36-29-10-16(28)24(34)25(35)19(33)11-32)30-31(18-5-4-14(26)9-15(18)27)23(13)22-7-6-21(38-22)20-3-2-8-37-20/h2-10,16,19,24-25,32-35H,11-12H2,1H3/b29-10+/t16-,19+,24+,25+/m0/s1/i28+0. The Labute approximate surface area is 235 Å². The summed E-state index contributed by atoms with van der Waals surface area (Å²) < 4.78 is 15.9. The fourth-order valence-corrected chi connectivity index (χ4v) is 6.04. The number of aliphatic hydroxyl groups excluding tert-OH is 4. The number of aliphatic hydroxyl groups is 4. The Morgan fingerprint density at radius 3 is 2.55 bits per heavy atom. The molecule has 4 atom stereocenters. The van der Waals surface area contributed by atoms with Crippen molar-refractivity contribution in [2.75, 3.05) is 6.61 Å². The predicted molar refractivity (Wildman–Crippen MR) is 148 cm³/mol.